The van der Waals surface area contributed by atoms with Gasteiger partial charge in [0.05, 0.1) is 17.2 Å². The Kier molecular flexibility index (Phi) is 5.70. The van der Waals surface area contributed by atoms with Crippen molar-refractivity contribution < 1.29 is 9.72 Å². The van der Waals surface area contributed by atoms with Gasteiger partial charge in [-0.15, -0.1) is 0 Å². The van der Waals surface area contributed by atoms with E-state index >= 15 is 0 Å². The summed E-state index contributed by atoms with van der Waals surface area (Å²) in [5.74, 6) is -0.658. The number of halogens is 1. The number of nitrogens with zero attached hydrogens (tertiary/aromatic N) is 3. The summed E-state index contributed by atoms with van der Waals surface area (Å²) in [6.07, 6.45) is 1.58. The lowest BCUT2D eigenvalue weighted by Gasteiger charge is -2.13. The van der Waals surface area contributed by atoms with Gasteiger partial charge >= 0.3 is 0 Å². The maximum Gasteiger partial charge on any atom is 0.271 e. The number of benzene rings is 2. The van der Waals surface area contributed by atoms with Crippen LogP contribution < -0.4 is 10.9 Å². The van der Waals surface area contributed by atoms with E-state index in [1.807, 2.05) is 0 Å². The maximum absolute atomic E-state index is 13.3. The molecule has 0 saturated carbocycles. The molecule has 160 valence electrons. The minimum Gasteiger partial charge on any atom is -0.321 e. The van der Waals surface area contributed by atoms with E-state index in [1.54, 1.807) is 49.5 Å². The Morgan fingerprint density at radius 1 is 1.16 bits per heavy atom. The smallest absolute Gasteiger partial charge is 0.271 e. The number of hydrogen-bond acceptors (Lipinski definition) is 5. The zero-order valence-corrected chi connectivity index (χ0v) is 17.7. The van der Waals surface area contributed by atoms with Gasteiger partial charge in [-0.2, -0.15) is 0 Å². The average Bonchev–Trinajstić information content (AvgIpc) is 2.78. The molecule has 32 heavy (non-hydrogen) atoms. The summed E-state index contributed by atoms with van der Waals surface area (Å²) < 4.78 is 1.42. The van der Waals surface area contributed by atoms with Gasteiger partial charge in [0.15, 0.2) is 0 Å². The second kappa shape index (κ2) is 8.60. The minimum atomic E-state index is -0.658. The van der Waals surface area contributed by atoms with E-state index in [1.165, 1.54) is 28.8 Å². The highest BCUT2D eigenvalue weighted by Gasteiger charge is 2.18. The number of fused-ring (bicyclic) bond motifs is 1. The quantitative estimate of drug-likeness (QED) is 0.355. The molecular weight excluding hydrogens is 432 g/mol. The van der Waals surface area contributed by atoms with Crippen molar-refractivity contribution in [3.8, 4) is 0 Å². The van der Waals surface area contributed by atoms with E-state index < -0.39 is 16.4 Å². The number of amides is 1. The fourth-order valence-electron chi connectivity index (χ4n) is 3.34. The second-order valence-corrected chi connectivity index (χ2v) is 7.64. The topological polar surface area (TPSA) is 107 Å². The summed E-state index contributed by atoms with van der Waals surface area (Å²) in [5.41, 5.74) is 1.38. The van der Waals surface area contributed by atoms with E-state index in [0.29, 0.717) is 21.6 Å². The molecule has 4 aromatic rings. The molecule has 1 amide bonds. The summed E-state index contributed by atoms with van der Waals surface area (Å²) in [7, 11) is 0. The predicted molar refractivity (Wildman–Crippen MR) is 122 cm³/mol. The van der Waals surface area contributed by atoms with Crippen LogP contribution >= 0.6 is 11.6 Å². The van der Waals surface area contributed by atoms with Crippen LogP contribution in [0.25, 0.3) is 11.0 Å². The van der Waals surface area contributed by atoms with Crippen molar-refractivity contribution in [2.75, 3.05) is 5.32 Å². The van der Waals surface area contributed by atoms with E-state index in [-0.39, 0.29) is 23.5 Å². The molecule has 2 aromatic carbocycles. The van der Waals surface area contributed by atoms with Gasteiger partial charge in [-0.25, -0.2) is 4.98 Å². The molecule has 4 rings (SSSR count). The molecular formula is C23H17ClN4O4. The van der Waals surface area contributed by atoms with Crippen molar-refractivity contribution >= 4 is 39.9 Å². The van der Waals surface area contributed by atoms with Crippen LogP contribution in [0.4, 0.5) is 11.4 Å². The highest BCUT2D eigenvalue weighted by Crippen LogP contribution is 2.23. The van der Waals surface area contributed by atoms with Gasteiger partial charge in [0.2, 0.25) is 0 Å². The molecule has 8 nitrogen and oxygen atoms in total. The molecule has 0 atom stereocenters. The van der Waals surface area contributed by atoms with E-state index in [2.05, 4.69) is 10.3 Å². The largest absolute Gasteiger partial charge is 0.321 e. The van der Waals surface area contributed by atoms with Crippen LogP contribution in [0.5, 0.6) is 0 Å². The molecule has 1 N–H and O–H groups in total. The number of aromatic nitrogens is 2. The summed E-state index contributed by atoms with van der Waals surface area (Å²) in [6, 6.07) is 16.1. The molecule has 0 spiro atoms. The van der Waals surface area contributed by atoms with Crippen LogP contribution in [-0.2, 0) is 6.54 Å². The zero-order valence-electron chi connectivity index (χ0n) is 16.9. The van der Waals surface area contributed by atoms with Crippen LogP contribution in [0.15, 0.2) is 71.7 Å². The van der Waals surface area contributed by atoms with Crippen LogP contribution in [0.1, 0.15) is 21.5 Å². The monoisotopic (exact) mass is 448 g/mol. The highest BCUT2D eigenvalue weighted by molar-refractivity contribution is 6.30. The molecule has 0 aliphatic rings. The van der Waals surface area contributed by atoms with Crippen molar-refractivity contribution in [3.05, 3.63) is 109 Å². The fraction of sp³-hybridized carbons (Fsp3) is 0.0870. The number of rotatable bonds is 5. The Morgan fingerprint density at radius 3 is 2.62 bits per heavy atom. The van der Waals surface area contributed by atoms with Crippen molar-refractivity contribution in [3.63, 3.8) is 0 Å². The second-order valence-electron chi connectivity index (χ2n) is 7.20. The van der Waals surface area contributed by atoms with Gasteiger partial charge in [0.25, 0.3) is 17.2 Å². The number of carbonyl (C=O) groups excluding carboxylic acids is 1. The van der Waals surface area contributed by atoms with Gasteiger partial charge in [-0.05, 0) is 48.4 Å². The number of nitro groups is 1. The molecule has 0 fully saturated rings. The standard InChI is InChI=1S/C23H17ClN4O4/c1-14-4-9-18(28(31)32)12-20(14)26-22(29)19-11-16-3-2-10-25-21(16)27(23(19)30)13-15-5-7-17(24)8-6-15/h2-12H,13H2,1H3,(H,26,29). The Morgan fingerprint density at radius 2 is 1.91 bits per heavy atom. The molecule has 0 aliphatic heterocycles. The number of aryl methyl sites for hydroxylation is 1. The molecule has 0 radical (unpaired) electrons. The Labute approximate surface area is 187 Å². The van der Waals surface area contributed by atoms with Gasteiger partial charge in [-0.3, -0.25) is 24.3 Å². The minimum absolute atomic E-state index is 0.0923. The maximum atomic E-state index is 13.3. The third-order valence-corrected chi connectivity index (χ3v) is 5.28. The SMILES string of the molecule is Cc1ccc([N+](=O)[O-])cc1NC(=O)c1cc2cccnc2n(Cc2ccc(Cl)cc2)c1=O. The summed E-state index contributed by atoms with van der Waals surface area (Å²) in [6.45, 7) is 1.91. The Hall–Kier alpha value is -4.04. The predicted octanol–water partition coefficient (Wildman–Crippen LogP) is 4.57. The van der Waals surface area contributed by atoms with E-state index in [4.69, 9.17) is 11.6 Å². The first kappa shape index (κ1) is 21.2. The first-order valence-corrected chi connectivity index (χ1v) is 10.0. The van der Waals surface area contributed by atoms with Crippen LogP contribution in [0, 0.1) is 17.0 Å². The van der Waals surface area contributed by atoms with E-state index in [9.17, 15) is 19.7 Å². The summed E-state index contributed by atoms with van der Waals surface area (Å²) in [5, 5.41) is 14.9. The first-order chi connectivity index (χ1) is 15.3. The lowest BCUT2D eigenvalue weighted by molar-refractivity contribution is -0.384. The molecule has 2 aromatic heterocycles. The number of nitro benzene ring substituents is 1. The number of non-ortho nitro benzene ring substituents is 1. The Bertz CT molecular complexity index is 1410. The molecule has 0 saturated heterocycles. The zero-order chi connectivity index (χ0) is 22.8. The Balaban J connectivity index is 1.78. The molecule has 0 unspecified atom stereocenters. The summed E-state index contributed by atoms with van der Waals surface area (Å²) >= 11 is 5.95. The van der Waals surface area contributed by atoms with Crippen molar-refractivity contribution in [2.24, 2.45) is 0 Å². The van der Waals surface area contributed by atoms with Crippen molar-refractivity contribution in [2.45, 2.75) is 13.5 Å². The lowest BCUT2D eigenvalue weighted by atomic mass is 10.1. The third-order valence-electron chi connectivity index (χ3n) is 5.03. The summed E-state index contributed by atoms with van der Waals surface area (Å²) in [4.78, 5) is 41.2. The third kappa shape index (κ3) is 4.21. The number of anilines is 1. The van der Waals surface area contributed by atoms with Gasteiger partial charge in [0.1, 0.15) is 11.2 Å². The highest BCUT2D eigenvalue weighted by atomic mass is 35.5. The van der Waals surface area contributed by atoms with Crippen LogP contribution in [0.2, 0.25) is 5.02 Å². The lowest BCUT2D eigenvalue weighted by Crippen LogP contribution is -2.30. The van der Waals surface area contributed by atoms with E-state index in [0.717, 1.165) is 5.56 Å². The number of hydrogen-bond donors (Lipinski definition) is 1. The normalized spacial score (nSPS) is 10.8. The molecule has 9 heteroatoms. The van der Waals surface area contributed by atoms with Gasteiger partial charge in [0, 0.05) is 28.7 Å². The number of nitrogens with one attached hydrogen (secondary N) is 1. The first-order valence-electron chi connectivity index (χ1n) is 9.63. The van der Waals surface area contributed by atoms with Crippen molar-refractivity contribution in [1.82, 2.24) is 9.55 Å². The molecule has 2 heterocycles. The van der Waals surface area contributed by atoms with Gasteiger partial charge in [-0.1, -0.05) is 29.8 Å². The molecule has 0 aliphatic carbocycles. The van der Waals surface area contributed by atoms with Gasteiger partial charge < -0.3 is 5.32 Å². The fourth-order valence-corrected chi connectivity index (χ4v) is 3.46. The number of carbonyl (C=O) groups is 1. The van der Waals surface area contributed by atoms with Crippen molar-refractivity contribution in [1.29, 1.82) is 0 Å². The number of pyridine rings is 2. The molecule has 0 bridgehead atoms. The average molecular weight is 449 g/mol. The van der Waals surface area contributed by atoms with Crippen LogP contribution in [-0.4, -0.2) is 20.4 Å². The van der Waals surface area contributed by atoms with Crippen LogP contribution in [0.3, 0.4) is 0 Å².